The number of nitrogens with one attached hydrogen (secondary N) is 1. The number of aryl methyl sites for hydroxylation is 1. The lowest BCUT2D eigenvalue weighted by atomic mass is 10.1. The number of nitrogens with zero attached hydrogens (tertiary/aromatic N) is 1. The fourth-order valence-electron chi connectivity index (χ4n) is 2.25. The number of carbonyl (C=O) groups is 1. The van der Waals surface area contributed by atoms with E-state index in [2.05, 4.69) is 5.32 Å². The zero-order chi connectivity index (χ0) is 13.0. The summed E-state index contributed by atoms with van der Waals surface area (Å²) in [5.74, 6) is 0.221. The van der Waals surface area contributed by atoms with Gasteiger partial charge in [-0.3, -0.25) is 4.79 Å². The van der Waals surface area contributed by atoms with E-state index in [0.29, 0.717) is 12.5 Å². The molecule has 106 valence electrons. The number of rotatable bonds is 4. The molecule has 1 N–H and O–H groups in total. The van der Waals surface area contributed by atoms with E-state index in [1.165, 1.54) is 0 Å². The largest absolute Gasteiger partial charge is 0.341 e. The third-order valence-corrected chi connectivity index (χ3v) is 3.77. The zero-order valence-corrected chi connectivity index (χ0v) is 12.6. The number of benzene rings is 1. The summed E-state index contributed by atoms with van der Waals surface area (Å²) < 4.78 is 0. The SMILES string of the molecule is CN(C(=O)CCc1ccc(Cl)cc1)C1CCNC1.Cl. The topological polar surface area (TPSA) is 32.3 Å². The van der Waals surface area contributed by atoms with E-state index in [9.17, 15) is 4.79 Å². The minimum Gasteiger partial charge on any atom is -0.341 e. The van der Waals surface area contributed by atoms with Crippen LogP contribution in [0.3, 0.4) is 0 Å². The molecular weight excluding hydrogens is 283 g/mol. The molecular formula is C14H20Cl2N2O. The van der Waals surface area contributed by atoms with Gasteiger partial charge in [0, 0.05) is 31.1 Å². The summed E-state index contributed by atoms with van der Waals surface area (Å²) in [6, 6.07) is 8.06. The van der Waals surface area contributed by atoms with Gasteiger partial charge in [-0.05, 0) is 37.1 Å². The van der Waals surface area contributed by atoms with Crippen LogP contribution in [0.5, 0.6) is 0 Å². The van der Waals surface area contributed by atoms with Crippen LogP contribution in [0.1, 0.15) is 18.4 Å². The molecule has 1 atom stereocenters. The summed E-state index contributed by atoms with van der Waals surface area (Å²) in [5.41, 5.74) is 1.16. The fourth-order valence-corrected chi connectivity index (χ4v) is 2.38. The van der Waals surface area contributed by atoms with Crippen molar-refractivity contribution in [2.45, 2.75) is 25.3 Å². The van der Waals surface area contributed by atoms with Crippen LogP contribution in [0.25, 0.3) is 0 Å². The van der Waals surface area contributed by atoms with Crippen molar-refractivity contribution in [1.82, 2.24) is 10.2 Å². The predicted molar refractivity (Wildman–Crippen MR) is 81.1 cm³/mol. The number of hydrogen-bond donors (Lipinski definition) is 1. The molecule has 0 spiro atoms. The van der Waals surface area contributed by atoms with Crippen LogP contribution in [-0.4, -0.2) is 37.0 Å². The van der Waals surface area contributed by atoms with Crippen LogP contribution in [0, 0.1) is 0 Å². The number of halogens is 2. The lowest BCUT2D eigenvalue weighted by molar-refractivity contribution is -0.131. The Labute approximate surface area is 125 Å². The van der Waals surface area contributed by atoms with Gasteiger partial charge >= 0.3 is 0 Å². The highest BCUT2D eigenvalue weighted by Gasteiger charge is 2.22. The third kappa shape index (κ3) is 4.68. The van der Waals surface area contributed by atoms with Gasteiger partial charge in [0.05, 0.1) is 0 Å². The Morgan fingerprint density at radius 3 is 2.68 bits per heavy atom. The molecule has 0 aromatic heterocycles. The van der Waals surface area contributed by atoms with E-state index in [1.54, 1.807) is 0 Å². The zero-order valence-electron chi connectivity index (χ0n) is 11.1. The van der Waals surface area contributed by atoms with E-state index in [1.807, 2.05) is 36.2 Å². The molecule has 0 saturated carbocycles. The quantitative estimate of drug-likeness (QED) is 0.927. The molecule has 0 bridgehead atoms. The van der Waals surface area contributed by atoms with Crippen molar-refractivity contribution in [3.05, 3.63) is 34.9 Å². The first-order valence-corrected chi connectivity index (χ1v) is 6.75. The second kappa shape index (κ2) is 7.73. The maximum absolute atomic E-state index is 12.0. The van der Waals surface area contributed by atoms with Crippen molar-refractivity contribution >= 4 is 29.9 Å². The Kier molecular flexibility index (Phi) is 6.63. The molecule has 1 heterocycles. The first kappa shape index (κ1) is 16.3. The predicted octanol–water partition coefficient (Wildman–Crippen LogP) is 2.51. The highest BCUT2D eigenvalue weighted by atomic mass is 35.5. The Balaban J connectivity index is 0.00000180. The van der Waals surface area contributed by atoms with Crippen LogP contribution in [0.4, 0.5) is 0 Å². The van der Waals surface area contributed by atoms with E-state index in [4.69, 9.17) is 11.6 Å². The highest BCUT2D eigenvalue weighted by Crippen LogP contribution is 2.13. The van der Waals surface area contributed by atoms with E-state index in [0.717, 1.165) is 36.5 Å². The maximum Gasteiger partial charge on any atom is 0.222 e. The van der Waals surface area contributed by atoms with Crippen LogP contribution in [0.2, 0.25) is 5.02 Å². The second-order valence-corrected chi connectivity index (χ2v) is 5.21. The molecule has 0 aliphatic carbocycles. The lowest BCUT2D eigenvalue weighted by Crippen LogP contribution is -2.38. The van der Waals surface area contributed by atoms with Crippen molar-refractivity contribution in [1.29, 1.82) is 0 Å². The summed E-state index contributed by atoms with van der Waals surface area (Å²) in [7, 11) is 1.90. The summed E-state index contributed by atoms with van der Waals surface area (Å²) in [6.45, 7) is 1.93. The Bertz CT molecular complexity index is 402. The van der Waals surface area contributed by atoms with Gasteiger partial charge in [-0.2, -0.15) is 0 Å². The van der Waals surface area contributed by atoms with Crippen LogP contribution in [-0.2, 0) is 11.2 Å². The molecule has 1 aliphatic rings. The molecule has 1 amide bonds. The van der Waals surface area contributed by atoms with Crippen LogP contribution < -0.4 is 5.32 Å². The van der Waals surface area contributed by atoms with E-state index >= 15 is 0 Å². The minimum absolute atomic E-state index is 0. The highest BCUT2D eigenvalue weighted by molar-refractivity contribution is 6.30. The number of likely N-dealkylation sites (N-methyl/N-ethyl adjacent to an activating group) is 1. The van der Waals surface area contributed by atoms with Gasteiger partial charge in [-0.15, -0.1) is 12.4 Å². The third-order valence-electron chi connectivity index (χ3n) is 3.52. The lowest BCUT2D eigenvalue weighted by Gasteiger charge is -2.23. The molecule has 1 aromatic carbocycles. The molecule has 5 heteroatoms. The smallest absolute Gasteiger partial charge is 0.222 e. The normalized spacial score (nSPS) is 17.9. The Morgan fingerprint density at radius 2 is 2.11 bits per heavy atom. The molecule has 0 radical (unpaired) electrons. The summed E-state index contributed by atoms with van der Waals surface area (Å²) in [6.07, 6.45) is 2.40. The molecule has 1 fully saturated rings. The second-order valence-electron chi connectivity index (χ2n) is 4.78. The summed E-state index contributed by atoms with van der Waals surface area (Å²) >= 11 is 5.83. The van der Waals surface area contributed by atoms with Crippen molar-refractivity contribution < 1.29 is 4.79 Å². The Morgan fingerprint density at radius 1 is 1.42 bits per heavy atom. The molecule has 19 heavy (non-hydrogen) atoms. The summed E-state index contributed by atoms with van der Waals surface area (Å²) in [4.78, 5) is 13.9. The van der Waals surface area contributed by atoms with Crippen LogP contribution >= 0.6 is 24.0 Å². The van der Waals surface area contributed by atoms with Gasteiger partial charge in [0.25, 0.3) is 0 Å². The van der Waals surface area contributed by atoms with Crippen molar-refractivity contribution in [2.24, 2.45) is 0 Å². The van der Waals surface area contributed by atoms with Gasteiger partial charge in [0.15, 0.2) is 0 Å². The van der Waals surface area contributed by atoms with Gasteiger partial charge < -0.3 is 10.2 Å². The summed E-state index contributed by atoms with van der Waals surface area (Å²) in [5, 5.41) is 4.01. The average molecular weight is 303 g/mol. The van der Waals surface area contributed by atoms with Gasteiger partial charge in [-0.1, -0.05) is 23.7 Å². The van der Waals surface area contributed by atoms with Gasteiger partial charge in [0.1, 0.15) is 0 Å². The number of amides is 1. The van der Waals surface area contributed by atoms with Crippen molar-refractivity contribution in [2.75, 3.05) is 20.1 Å². The van der Waals surface area contributed by atoms with E-state index in [-0.39, 0.29) is 18.3 Å². The number of hydrogen-bond acceptors (Lipinski definition) is 2. The molecule has 3 nitrogen and oxygen atoms in total. The Hall–Kier alpha value is -0.770. The first-order chi connectivity index (χ1) is 8.66. The minimum atomic E-state index is 0. The monoisotopic (exact) mass is 302 g/mol. The molecule has 2 rings (SSSR count). The van der Waals surface area contributed by atoms with Gasteiger partial charge in [-0.25, -0.2) is 0 Å². The average Bonchev–Trinajstić information content (AvgIpc) is 2.90. The van der Waals surface area contributed by atoms with Crippen molar-refractivity contribution in [3.8, 4) is 0 Å². The standard InChI is InChI=1S/C14H19ClN2O.ClH/c1-17(13-8-9-16-10-13)14(18)7-4-11-2-5-12(15)6-3-11;/h2-3,5-6,13,16H,4,7-10H2,1H3;1H. The van der Waals surface area contributed by atoms with Crippen LogP contribution in [0.15, 0.2) is 24.3 Å². The van der Waals surface area contributed by atoms with Crippen molar-refractivity contribution in [3.63, 3.8) is 0 Å². The molecule has 1 saturated heterocycles. The fraction of sp³-hybridized carbons (Fsp3) is 0.500. The van der Waals surface area contributed by atoms with Gasteiger partial charge in [0.2, 0.25) is 5.91 Å². The number of carbonyl (C=O) groups excluding carboxylic acids is 1. The first-order valence-electron chi connectivity index (χ1n) is 6.37. The molecule has 1 unspecified atom stereocenters. The van der Waals surface area contributed by atoms with E-state index < -0.39 is 0 Å². The maximum atomic E-state index is 12.0. The molecule has 1 aromatic rings. The molecule has 1 aliphatic heterocycles.